The van der Waals surface area contributed by atoms with E-state index in [4.69, 9.17) is 25.8 Å². The lowest BCUT2D eigenvalue weighted by molar-refractivity contribution is -1.06. The third-order valence-electron chi connectivity index (χ3n) is 9.90. The first-order valence-electron chi connectivity index (χ1n) is 17.5. The predicted molar refractivity (Wildman–Crippen MR) is 192 cm³/mol. The van der Waals surface area contributed by atoms with Crippen LogP contribution in [0.15, 0.2) is 81.8 Å². The van der Waals surface area contributed by atoms with E-state index in [1.165, 1.54) is 29.8 Å². The van der Waals surface area contributed by atoms with Gasteiger partial charge in [-0.15, -0.1) is 18.2 Å². The van der Waals surface area contributed by atoms with Gasteiger partial charge in [0.05, 0.1) is 11.5 Å². The molecular weight excluding hydrogens is 710 g/mol. The summed E-state index contributed by atoms with van der Waals surface area (Å²) in [6.45, 7) is 17.5. The van der Waals surface area contributed by atoms with E-state index in [0.29, 0.717) is 24.3 Å². The summed E-state index contributed by atoms with van der Waals surface area (Å²) in [5.41, 5.74) is 2.31. The molecule has 4 rings (SSSR count). The van der Waals surface area contributed by atoms with Gasteiger partial charge in [0, 0.05) is 37.7 Å². The van der Waals surface area contributed by atoms with Gasteiger partial charge in [0.15, 0.2) is 18.1 Å². The van der Waals surface area contributed by atoms with Gasteiger partial charge in [-0.3, -0.25) is 14.5 Å². The molecule has 1 unspecified atom stereocenters. The number of rotatable bonds is 17. The van der Waals surface area contributed by atoms with Crippen LogP contribution < -0.4 is 9.64 Å². The van der Waals surface area contributed by atoms with Crippen molar-refractivity contribution in [2.75, 3.05) is 45.3 Å². The van der Waals surface area contributed by atoms with Crippen LogP contribution in [0.1, 0.15) is 58.3 Å². The largest absolute Gasteiger partial charge is 0.465 e. The monoisotopic (exact) mass is 758 g/mol. The van der Waals surface area contributed by atoms with E-state index in [1.54, 1.807) is 6.07 Å². The Kier molecular flexibility index (Phi) is 14.9. The number of hydrogen-bond donors (Lipinski definition) is 1. The summed E-state index contributed by atoms with van der Waals surface area (Å²) in [7, 11) is -4.19. The molecule has 0 bridgehead atoms. The number of halogens is 1. The fourth-order valence-electron chi connectivity index (χ4n) is 6.83. The van der Waals surface area contributed by atoms with Gasteiger partial charge in [-0.05, 0) is 79.1 Å². The maximum absolute atomic E-state index is 12.8. The minimum Gasteiger partial charge on any atom is -0.465 e. The third kappa shape index (κ3) is 10.9. The van der Waals surface area contributed by atoms with Crippen molar-refractivity contribution < 1.29 is 47.0 Å². The molecule has 0 radical (unpaired) electrons. The second-order valence-corrected chi connectivity index (χ2v) is 15.8. The Labute approximate surface area is 311 Å². The highest BCUT2D eigenvalue weighted by Gasteiger charge is 2.41. The van der Waals surface area contributed by atoms with E-state index in [-0.39, 0.29) is 59.6 Å². The number of carbonyl (C=O) groups is 2. The van der Waals surface area contributed by atoms with Crippen molar-refractivity contribution in [1.29, 1.82) is 0 Å². The summed E-state index contributed by atoms with van der Waals surface area (Å²) >= 11 is 6.18. The van der Waals surface area contributed by atoms with E-state index in [1.807, 2.05) is 0 Å². The molecule has 1 saturated heterocycles. The van der Waals surface area contributed by atoms with Crippen LogP contribution in [0.3, 0.4) is 0 Å². The number of nitrogens with zero attached hydrogens (tertiary/aromatic N) is 3. The lowest BCUT2D eigenvalue weighted by Crippen LogP contribution is -2.40. The molecule has 1 aliphatic carbocycles. The number of likely N-dealkylation sites (tertiary alicyclic amines) is 1. The van der Waals surface area contributed by atoms with Crippen LogP contribution in [0.2, 0.25) is 0 Å². The van der Waals surface area contributed by atoms with Gasteiger partial charge in [0.25, 0.3) is 9.84 Å². The number of ether oxygens (including phenoxy) is 3. The summed E-state index contributed by atoms with van der Waals surface area (Å²) in [5.74, 6) is 5.19. The van der Waals surface area contributed by atoms with Gasteiger partial charge < -0.3 is 19.4 Å². The Morgan fingerprint density at radius 1 is 1.13 bits per heavy atom. The molecule has 1 saturated carbocycles. The first kappa shape index (κ1) is 40.6. The number of benzene rings is 1. The minimum absolute atomic E-state index is 0.000760. The van der Waals surface area contributed by atoms with Crippen molar-refractivity contribution in [1.82, 2.24) is 10.1 Å². The van der Waals surface area contributed by atoms with E-state index >= 15 is 0 Å². The quantitative estimate of drug-likeness (QED) is 0.0733. The molecular formula is C38H49ClN3O9S+. The smallest absolute Gasteiger partial charge is 0.446 e. The number of esters is 2. The molecule has 2 aliphatic rings. The number of piperidine rings is 1. The Morgan fingerprint density at radius 2 is 1.85 bits per heavy atom. The van der Waals surface area contributed by atoms with Crippen molar-refractivity contribution in [3.63, 3.8) is 0 Å². The van der Waals surface area contributed by atoms with Gasteiger partial charge in [0.1, 0.15) is 0 Å². The molecule has 0 spiro atoms. The lowest BCUT2D eigenvalue weighted by Gasteiger charge is -2.45. The first-order valence-corrected chi connectivity index (χ1v) is 19.5. The fourth-order valence-corrected chi connectivity index (χ4v) is 8.32. The molecule has 2 fully saturated rings. The van der Waals surface area contributed by atoms with Crippen LogP contribution in [-0.4, -0.2) is 81.0 Å². The highest BCUT2D eigenvalue weighted by Crippen LogP contribution is 2.49. The summed E-state index contributed by atoms with van der Waals surface area (Å²) in [6, 6.07) is 7.40. The molecule has 2 heterocycles. The molecule has 1 aromatic heterocycles. The molecule has 1 aliphatic heterocycles. The van der Waals surface area contributed by atoms with E-state index < -0.39 is 26.7 Å². The average Bonchev–Trinajstić information content (AvgIpc) is 3.53. The highest BCUT2D eigenvalue weighted by atomic mass is 35.5. The molecule has 0 amide bonds. The highest BCUT2D eigenvalue weighted by molar-refractivity contribution is 7.91. The van der Waals surface area contributed by atoms with Gasteiger partial charge in [-0.25, -0.2) is 8.42 Å². The zero-order chi connectivity index (χ0) is 37.7. The van der Waals surface area contributed by atoms with Gasteiger partial charge in [-0.2, -0.15) is 0 Å². The molecule has 282 valence electrons. The Hall–Kier alpha value is -4.12. The molecule has 1 aromatic carbocycles. The standard InChI is InChI=1S/C38H49ClN3O9S/c1-5-38(4)19-18-31(23-33(38)28(2)24-39)29(3)25-41-20-12-13-30(26-41)27-50-35(44)17-11-16-34(43)48-21-9-10-22-49-36-37(42(45)51-40-36)52(46,47)32-14-7-6-8-15-32/h5-8,14-15,30-31,33,45H,1-3,11-13,16-27H2,4H3/q+1/t30?,31-,33+,38-/m1/s1. The summed E-state index contributed by atoms with van der Waals surface area (Å²) in [4.78, 5) is 26.8. The van der Waals surface area contributed by atoms with Gasteiger partial charge in [0.2, 0.25) is 5.16 Å². The van der Waals surface area contributed by atoms with Gasteiger partial charge >= 0.3 is 22.8 Å². The maximum atomic E-state index is 12.8. The topological polar surface area (TPSA) is 149 Å². The predicted octanol–water partition coefficient (Wildman–Crippen LogP) is 5.34. The van der Waals surface area contributed by atoms with Crippen molar-refractivity contribution in [2.45, 2.75) is 68.2 Å². The zero-order valence-corrected chi connectivity index (χ0v) is 31.3. The molecule has 4 atom stereocenters. The number of alkyl halides is 1. The average molecular weight is 759 g/mol. The molecule has 14 heteroatoms. The van der Waals surface area contributed by atoms with Crippen molar-refractivity contribution in [3.8, 4) is 17.7 Å². The summed E-state index contributed by atoms with van der Waals surface area (Å²) in [6.07, 6.45) is 7.57. The normalized spacial score (nSPS) is 22.0. The zero-order valence-electron chi connectivity index (χ0n) is 29.8. The second-order valence-electron chi connectivity index (χ2n) is 13.6. The van der Waals surface area contributed by atoms with Crippen LogP contribution >= 0.6 is 11.6 Å². The molecule has 12 nitrogen and oxygen atoms in total. The minimum atomic E-state index is -4.19. The maximum Gasteiger partial charge on any atom is 0.446 e. The Balaban J connectivity index is 1.10. The Morgan fingerprint density at radius 3 is 2.56 bits per heavy atom. The van der Waals surface area contributed by atoms with Crippen LogP contribution in [0.5, 0.6) is 5.88 Å². The lowest BCUT2D eigenvalue weighted by atomic mass is 9.61. The van der Waals surface area contributed by atoms with Crippen LogP contribution in [0.4, 0.5) is 0 Å². The van der Waals surface area contributed by atoms with Gasteiger partial charge in [-0.1, -0.05) is 67.3 Å². The van der Waals surface area contributed by atoms with Crippen LogP contribution in [-0.2, 0) is 28.9 Å². The first-order chi connectivity index (χ1) is 24.9. The number of allylic oxidation sites excluding steroid dienone is 2. The number of hydrogen-bond acceptors (Lipinski definition) is 11. The van der Waals surface area contributed by atoms with Crippen LogP contribution in [0.25, 0.3) is 0 Å². The van der Waals surface area contributed by atoms with E-state index in [2.05, 4.69) is 59.3 Å². The Bertz CT molecular complexity index is 1750. The van der Waals surface area contributed by atoms with Crippen molar-refractivity contribution in [2.24, 2.45) is 23.2 Å². The number of aromatic nitrogens is 2. The SMILES string of the molecule is C=C[C@]1(C)CC[C@@H](C(=C)CN2CCCC(COC(=O)CCCC(=O)OCC#CCOc3no[n+](O)c3S(=O)(=O)c3ccccc3)C2)C[C@H]1C(=C)CCl. The van der Waals surface area contributed by atoms with E-state index in [9.17, 15) is 23.2 Å². The number of carbonyl (C=O) groups excluding carboxylic acids is 2. The summed E-state index contributed by atoms with van der Waals surface area (Å²) < 4.78 is 46.1. The fraction of sp³-hybridized carbons (Fsp3) is 0.526. The third-order valence-corrected chi connectivity index (χ3v) is 12.0. The van der Waals surface area contributed by atoms with Crippen LogP contribution in [0, 0.1) is 35.0 Å². The van der Waals surface area contributed by atoms with Crippen molar-refractivity contribution >= 4 is 33.4 Å². The number of sulfone groups is 1. The second kappa shape index (κ2) is 19.1. The molecule has 52 heavy (non-hydrogen) atoms. The van der Waals surface area contributed by atoms with E-state index in [0.717, 1.165) is 57.3 Å². The van der Waals surface area contributed by atoms with Crippen molar-refractivity contribution in [3.05, 3.63) is 67.3 Å². The summed E-state index contributed by atoms with van der Waals surface area (Å²) in [5, 5.41) is 12.6. The molecule has 1 N–H and O–H groups in total. The molecule has 2 aromatic rings.